The van der Waals surface area contributed by atoms with Crippen LogP contribution in [0.25, 0.3) is 0 Å². The molecular weight excluding hydrogens is 413 g/mol. The van der Waals surface area contributed by atoms with Crippen LogP contribution in [0.4, 0.5) is 5.69 Å². The summed E-state index contributed by atoms with van der Waals surface area (Å²) in [6, 6.07) is 25.7. The Bertz CT molecular complexity index is 1060. The number of para-hydroxylation sites is 1. The lowest BCUT2D eigenvalue weighted by Gasteiger charge is -2.51. The molecule has 4 rings (SSSR count). The molecule has 0 aromatic heterocycles. The van der Waals surface area contributed by atoms with Gasteiger partial charge in [0.15, 0.2) is 0 Å². The Balaban J connectivity index is 1.83. The van der Waals surface area contributed by atoms with Crippen LogP contribution in [-0.4, -0.2) is 11.4 Å². The fourth-order valence-electron chi connectivity index (χ4n) is 4.87. The minimum Gasteiger partial charge on any atom is -0.305 e. The first-order valence-corrected chi connectivity index (χ1v) is 10.9. The maximum Gasteiger partial charge on any atom is 0.250 e. The molecular formula is C26H25Cl2NO. The highest BCUT2D eigenvalue weighted by Gasteiger charge is 2.48. The molecule has 0 radical (unpaired) electrons. The molecule has 0 unspecified atom stereocenters. The van der Waals surface area contributed by atoms with E-state index in [0.717, 1.165) is 28.3 Å². The molecule has 0 saturated heterocycles. The Morgan fingerprint density at radius 2 is 1.50 bits per heavy atom. The van der Waals surface area contributed by atoms with Crippen LogP contribution >= 0.6 is 23.2 Å². The molecule has 0 fully saturated rings. The van der Waals surface area contributed by atoms with Gasteiger partial charge in [-0.2, -0.15) is 0 Å². The molecule has 1 heterocycles. The molecule has 0 saturated carbocycles. The van der Waals surface area contributed by atoms with Crippen molar-refractivity contribution in [1.29, 1.82) is 0 Å². The van der Waals surface area contributed by atoms with E-state index >= 15 is 0 Å². The van der Waals surface area contributed by atoms with Crippen molar-refractivity contribution >= 4 is 34.8 Å². The van der Waals surface area contributed by atoms with E-state index in [-0.39, 0.29) is 11.3 Å². The smallest absolute Gasteiger partial charge is 0.250 e. The number of halogens is 2. The van der Waals surface area contributed by atoms with Gasteiger partial charge in [-0.1, -0.05) is 79.2 Å². The first kappa shape index (κ1) is 21.0. The van der Waals surface area contributed by atoms with Crippen LogP contribution in [0.2, 0.25) is 5.02 Å². The third kappa shape index (κ3) is 3.53. The summed E-state index contributed by atoms with van der Waals surface area (Å²) in [5, 5.41) is -0.0197. The molecule has 3 aromatic rings. The van der Waals surface area contributed by atoms with E-state index in [2.05, 4.69) is 39.0 Å². The molecule has 0 aliphatic carbocycles. The van der Waals surface area contributed by atoms with Crippen molar-refractivity contribution in [3.63, 3.8) is 0 Å². The number of hydrogen-bond acceptors (Lipinski definition) is 1. The summed E-state index contributed by atoms with van der Waals surface area (Å²) < 4.78 is 0. The predicted octanol–water partition coefficient (Wildman–Crippen LogP) is 7.14. The molecule has 0 N–H and O–H groups in total. The number of rotatable bonds is 3. The minimum absolute atomic E-state index is 0.0986. The topological polar surface area (TPSA) is 20.3 Å². The van der Waals surface area contributed by atoms with Gasteiger partial charge in [0.2, 0.25) is 5.91 Å². The summed E-state index contributed by atoms with van der Waals surface area (Å²) >= 11 is 12.8. The van der Waals surface area contributed by atoms with Gasteiger partial charge in [-0.05, 0) is 55.2 Å². The van der Waals surface area contributed by atoms with E-state index in [9.17, 15) is 4.79 Å². The molecule has 1 aliphatic rings. The SMILES string of the molecule is CC1(C)C[C@](C)(c2ccc(Cl)cc2)c2ccccc2N1C(=O)[C@H](Cl)c1ccccc1. The number of benzene rings is 3. The Morgan fingerprint density at radius 1 is 0.900 bits per heavy atom. The maximum atomic E-state index is 13.6. The van der Waals surface area contributed by atoms with Crippen LogP contribution < -0.4 is 4.90 Å². The van der Waals surface area contributed by atoms with E-state index in [0.29, 0.717) is 0 Å². The summed E-state index contributed by atoms with van der Waals surface area (Å²) in [7, 11) is 0. The Labute approximate surface area is 188 Å². The fraction of sp³-hybridized carbons (Fsp3) is 0.269. The van der Waals surface area contributed by atoms with Crippen molar-refractivity contribution in [2.75, 3.05) is 4.90 Å². The Kier molecular flexibility index (Phi) is 5.42. The zero-order valence-electron chi connectivity index (χ0n) is 17.4. The molecule has 1 aliphatic heterocycles. The lowest BCUT2D eigenvalue weighted by Crippen LogP contribution is -2.56. The Hall–Kier alpha value is -2.29. The standard InChI is InChI=1S/C26H25Cl2NO/c1-25(2)17-26(3,19-13-15-20(27)16-14-19)21-11-7-8-12-22(21)29(25)24(30)23(28)18-9-5-4-6-10-18/h4-16,23H,17H2,1-3H3/t23-,26-/m1/s1. The van der Waals surface area contributed by atoms with Crippen molar-refractivity contribution in [1.82, 2.24) is 0 Å². The van der Waals surface area contributed by atoms with Gasteiger partial charge in [-0.25, -0.2) is 0 Å². The van der Waals surface area contributed by atoms with Crippen LogP contribution in [0.1, 0.15) is 49.3 Å². The average molecular weight is 438 g/mol. The fourth-order valence-corrected chi connectivity index (χ4v) is 5.24. The minimum atomic E-state index is -0.738. The summed E-state index contributed by atoms with van der Waals surface area (Å²) in [5.74, 6) is -0.0986. The first-order chi connectivity index (χ1) is 14.2. The third-order valence-electron chi connectivity index (χ3n) is 6.14. The van der Waals surface area contributed by atoms with Gasteiger partial charge in [-0.15, -0.1) is 11.6 Å². The number of amides is 1. The molecule has 30 heavy (non-hydrogen) atoms. The monoisotopic (exact) mass is 437 g/mol. The highest BCUT2D eigenvalue weighted by Crippen LogP contribution is 2.51. The molecule has 2 nitrogen and oxygen atoms in total. The van der Waals surface area contributed by atoms with Crippen LogP contribution in [-0.2, 0) is 10.2 Å². The van der Waals surface area contributed by atoms with Crippen molar-refractivity contribution in [2.24, 2.45) is 0 Å². The van der Waals surface area contributed by atoms with Gasteiger partial charge in [-0.3, -0.25) is 4.79 Å². The number of nitrogens with zero attached hydrogens (tertiary/aromatic N) is 1. The zero-order valence-corrected chi connectivity index (χ0v) is 18.9. The maximum absolute atomic E-state index is 13.6. The molecule has 2 atom stereocenters. The van der Waals surface area contributed by atoms with Gasteiger partial charge in [0.25, 0.3) is 0 Å². The second-order valence-corrected chi connectivity index (χ2v) is 9.67. The molecule has 0 spiro atoms. The highest BCUT2D eigenvalue weighted by molar-refractivity contribution is 6.33. The lowest BCUT2D eigenvalue weighted by molar-refractivity contribution is -0.119. The van der Waals surface area contributed by atoms with E-state index in [4.69, 9.17) is 23.2 Å². The number of carbonyl (C=O) groups is 1. The molecule has 4 heteroatoms. The largest absolute Gasteiger partial charge is 0.305 e. The zero-order chi connectivity index (χ0) is 21.5. The van der Waals surface area contributed by atoms with E-state index in [1.54, 1.807) is 0 Å². The van der Waals surface area contributed by atoms with E-state index < -0.39 is 10.9 Å². The number of fused-ring (bicyclic) bond motifs is 1. The van der Waals surface area contributed by atoms with Gasteiger partial charge >= 0.3 is 0 Å². The van der Waals surface area contributed by atoms with Crippen molar-refractivity contribution in [3.8, 4) is 0 Å². The predicted molar refractivity (Wildman–Crippen MR) is 126 cm³/mol. The normalized spacial score (nSPS) is 21.0. The Morgan fingerprint density at radius 3 is 2.17 bits per heavy atom. The average Bonchev–Trinajstić information content (AvgIpc) is 2.73. The van der Waals surface area contributed by atoms with Gasteiger partial charge in [0.1, 0.15) is 5.38 Å². The van der Waals surface area contributed by atoms with Crippen LogP contribution in [0, 0.1) is 0 Å². The van der Waals surface area contributed by atoms with E-state index in [1.165, 1.54) is 5.56 Å². The molecule has 3 aromatic carbocycles. The number of alkyl halides is 1. The van der Waals surface area contributed by atoms with Gasteiger partial charge < -0.3 is 4.90 Å². The van der Waals surface area contributed by atoms with Crippen LogP contribution in [0.5, 0.6) is 0 Å². The van der Waals surface area contributed by atoms with Crippen LogP contribution in [0.15, 0.2) is 78.9 Å². The quantitative estimate of drug-likeness (QED) is 0.398. The second kappa shape index (κ2) is 7.76. The summed E-state index contributed by atoms with van der Waals surface area (Å²) in [6.45, 7) is 6.47. The van der Waals surface area contributed by atoms with E-state index in [1.807, 2.05) is 65.6 Å². The summed E-state index contributed by atoms with van der Waals surface area (Å²) in [6.07, 6.45) is 0.767. The number of carbonyl (C=O) groups excluding carboxylic acids is 1. The summed E-state index contributed by atoms with van der Waals surface area (Å²) in [5.41, 5.74) is 3.35. The first-order valence-electron chi connectivity index (χ1n) is 10.1. The molecule has 154 valence electrons. The van der Waals surface area contributed by atoms with Crippen molar-refractivity contribution in [3.05, 3.63) is 101 Å². The lowest BCUT2D eigenvalue weighted by atomic mass is 9.65. The van der Waals surface area contributed by atoms with Gasteiger partial charge in [0, 0.05) is 21.7 Å². The van der Waals surface area contributed by atoms with Crippen LogP contribution in [0.3, 0.4) is 0 Å². The molecule has 0 bridgehead atoms. The van der Waals surface area contributed by atoms with Crippen molar-refractivity contribution in [2.45, 2.75) is 43.5 Å². The number of anilines is 1. The second-order valence-electron chi connectivity index (χ2n) is 8.79. The highest BCUT2D eigenvalue weighted by atomic mass is 35.5. The molecule has 1 amide bonds. The van der Waals surface area contributed by atoms with Crippen molar-refractivity contribution < 1.29 is 4.79 Å². The third-order valence-corrected chi connectivity index (χ3v) is 6.83. The summed E-state index contributed by atoms with van der Waals surface area (Å²) in [4.78, 5) is 15.5. The van der Waals surface area contributed by atoms with Gasteiger partial charge in [0.05, 0.1) is 0 Å². The number of hydrogen-bond donors (Lipinski definition) is 0.